The molecular weight excluding hydrogens is 770 g/mol. The van der Waals surface area contributed by atoms with E-state index in [-0.39, 0.29) is 17.3 Å². The molecule has 1 aromatic heterocycles. The highest BCUT2D eigenvalue weighted by Gasteiger charge is 2.34. The van der Waals surface area contributed by atoms with Gasteiger partial charge >= 0.3 is 18.4 Å². The van der Waals surface area contributed by atoms with Crippen LogP contribution >= 0.6 is 11.6 Å². The average Bonchev–Trinajstić information content (AvgIpc) is 3.05. The van der Waals surface area contributed by atoms with Crippen molar-refractivity contribution in [3.8, 4) is 0 Å². The first-order chi connectivity index (χ1) is 24.9. The molecule has 0 aliphatic heterocycles. The molecule has 1 heterocycles. The van der Waals surface area contributed by atoms with E-state index in [1.807, 2.05) is 0 Å². The quantitative estimate of drug-likeness (QED) is 0.158. The second-order valence-electron chi connectivity index (χ2n) is 13.8. The minimum atomic E-state index is -5.10. The summed E-state index contributed by atoms with van der Waals surface area (Å²) in [5, 5.41) is 6.89. The molecule has 1 aliphatic carbocycles. The van der Waals surface area contributed by atoms with Crippen LogP contribution in [0.25, 0.3) is 0 Å². The Balaban J connectivity index is 1.63. The number of alkyl halides is 6. The van der Waals surface area contributed by atoms with Crippen molar-refractivity contribution < 1.29 is 49.1 Å². The molecule has 0 atom stereocenters. The Kier molecular flexibility index (Phi) is 12.8. The second kappa shape index (κ2) is 16.4. The molecule has 3 aromatic rings. The van der Waals surface area contributed by atoms with Crippen molar-refractivity contribution in [2.75, 3.05) is 10.6 Å². The Morgan fingerprint density at radius 2 is 1.50 bits per heavy atom. The smallest absolute Gasteiger partial charge is 0.333 e. The van der Waals surface area contributed by atoms with Gasteiger partial charge in [0.15, 0.2) is 5.15 Å². The van der Waals surface area contributed by atoms with Crippen LogP contribution in [-0.4, -0.2) is 41.4 Å². The number of anilines is 2. The molecule has 1 saturated carbocycles. The van der Waals surface area contributed by atoms with Gasteiger partial charge in [0.2, 0.25) is 11.7 Å². The van der Waals surface area contributed by atoms with E-state index in [0.717, 1.165) is 42.7 Å². The van der Waals surface area contributed by atoms with Crippen LogP contribution in [0, 0.1) is 5.92 Å². The molecular formula is C34H37ClF6N6O6S. The topological polar surface area (TPSA) is 168 Å². The number of carbonyl (C=O) groups is 3. The lowest BCUT2D eigenvalue weighted by Gasteiger charge is -2.23. The minimum Gasteiger partial charge on any atom is -0.333 e. The van der Waals surface area contributed by atoms with Crippen molar-refractivity contribution in [1.29, 1.82) is 0 Å². The predicted molar refractivity (Wildman–Crippen MR) is 186 cm³/mol. The number of aromatic nitrogens is 2. The van der Waals surface area contributed by atoms with E-state index in [4.69, 9.17) is 11.6 Å². The van der Waals surface area contributed by atoms with Crippen molar-refractivity contribution >= 4 is 51.0 Å². The lowest BCUT2D eigenvalue weighted by molar-refractivity contribution is -0.138. The van der Waals surface area contributed by atoms with Gasteiger partial charge < -0.3 is 10.6 Å². The van der Waals surface area contributed by atoms with Gasteiger partial charge in [0, 0.05) is 16.8 Å². The molecule has 1 fully saturated rings. The maximum absolute atomic E-state index is 13.9. The minimum absolute atomic E-state index is 0.141. The van der Waals surface area contributed by atoms with Gasteiger partial charge in [-0.2, -0.15) is 26.3 Å². The highest BCUT2D eigenvalue weighted by atomic mass is 35.5. The molecule has 0 bridgehead atoms. The van der Waals surface area contributed by atoms with Crippen LogP contribution in [0.3, 0.4) is 0 Å². The molecule has 4 rings (SSSR count). The number of carbonyl (C=O) groups excluding carboxylic acids is 3. The summed E-state index contributed by atoms with van der Waals surface area (Å²) in [5.41, 5.74) is -5.66. The number of urea groups is 1. The van der Waals surface area contributed by atoms with Crippen LogP contribution in [0.5, 0.6) is 0 Å². The van der Waals surface area contributed by atoms with E-state index in [1.165, 1.54) is 4.72 Å². The zero-order valence-corrected chi connectivity index (χ0v) is 30.7. The zero-order chi connectivity index (χ0) is 40.2. The third kappa shape index (κ3) is 11.4. The lowest BCUT2D eigenvalue weighted by Crippen LogP contribution is -2.44. The van der Waals surface area contributed by atoms with E-state index < -0.39 is 91.0 Å². The molecule has 4 N–H and O–H groups in total. The van der Waals surface area contributed by atoms with E-state index in [2.05, 4.69) is 20.9 Å². The van der Waals surface area contributed by atoms with E-state index >= 15 is 0 Å². The Hall–Kier alpha value is -4.65. The number of amides is 4. The van der Waals surface area contributed by atoms with Crippen LogP contribution in [0.2, 0.25) is 5.15 Å². The van der Waals surface area contributed by atoms with Gasteiger partial charge in [0.25, 0.3) is 21.5 Å². The third-order valence-corrected chi connectivity index (χ3v) is 9.93. The predicted octanol–water partition coefficient (Wildman–Crippen LogP) is 7.12. The fourth-order valence-corrected chi connectivity index (χ4v) is 7.01. The van der Waals surface area contributed by atoms with Crippen LogP contribution in [-0.2, 0) is 40.1 Å². The number of halogens is 7. The molecule has 0 unspecified atom stereocenters. The molecule has 1 aliphatic rings. The Morgan fingerprint density at radius 1 is 0.889 bits per heavy atom. The number of hydrogen-bond acceptors (Lipinski definition) is 7. The number of benzene rings is 2. The summed E-state index contributed by atoms with van der Waals surface area (Å²) < 4.78 is 108. The molecule has 0 spiro atoms. The molecule has 2 aromatic carbocycles. The lowest BCUT2D eigenvalue weighted by atomic mass is 9.86. The summed E-state index contributed by atoms with van der Waals surface area (Å²) in [5.74, 6) is -2.88. The highest BCUT2D eigenvalue weighted by molar-refractivity contribution is 7.90. The first-order valence-corrected chi connectivity index (χ1v) is 18.4. The fourth-order valence-electron chi connectivity index (χ4n) is 5.76. The molecule has 0 saturated heterocycles. The summed E-state index contributed by atoms with van der Waals surface area (Å²) in [6, 6.07) is 2.72. The molecule has 54 heavy (non-hydrogen) atoms. The molecule has 4 amide bonds. The van der Waals surface area contributed by atoms with Crippen molar-refractivity contribution in [1.82, 2.24) is 19.6 Å². The number of nitrogens with zero attached hydrogens (tertiary/aromatic N) is 2. The van der Waals surface area contributed by atoms with Crippen LogP contribution in [0.4, 0.5) is 42.6 Å². The summed E-state index contributed by atoms with van der Waals surface area (Å²) in [6.45, 7) is 4.23. The van der Waals surface area contributed by atoms with Crippen molar-refractivity contribution in [2.24, 2.45) is 5.92 Å². The standard InChI is InChI=1S/C34H37ClF6N6O6S/c1-32(2,3)45-31(51)44-28-30(50)47(25(27(35)43-28)14-9-19-7-5-4-6-8-19)18-26(48)42-23-16-20(15-22(17-23)34(39,40)41)29(49)46-54(52,53)24-12-10-21(11-13-24)33(36,37)38/h10-13,15-17,19H,4-9,14,18H2,1-3H3,(H,42,48)(H,46,49)(H2,43,44,45,51). The summed E-state index contributed by atoms with van der Waals surface area (Å²) in [7, 11) is -4.87. The van der Waals surface area contributed by atoms with Gasteiger partial charge in [-0.3, -0.25) is 24.3 Å². The second-order valence-corrected chi connectivity index (χ2v) is 15.8. The van der Waals surface area contributed by atoms with Crippen LogP contribution in [0.15, 0.2) is 52.2 Å². The fraction of sp³-hybridized carbons (Fsp3) is 0.441. The van der Waals surface area contributed by atoms with Crippen molar-refractivity contribution in [3.63, 3.8) is 0 Å². The Bertz CT molecular complexity index is 2060. The van der Waals surface area contributed by atoms with Gasteiger partial charge in [-0.25, -0.2) is 22.9 Å². The highest BCUT2D eigenvalue weighted by Crippen LogP contribution is 2.33. The molecule has 0 radical (unpaired) electrons. The first-order valence-electron chi connectivity index (χ1n) is 16.6. The average molecular weight is 807 g/mol. The van der Waals surface area contributed by atoms with Gasteiger partial charge in [-0.05, 0) is 82.0 Å². The zero-order valence-electron chi connectivity index (χ0n) is 29.2. The van der Waals surface area contributed by atoms with Crippen molar-refractivity contribution in [2.45, 2.75) is 95.0 Å². The van der Waals surface area contributed by atoms with Gasteiger partial charge in [-0.1, -0.05) is 43.7 Å². The molecule has 20 heteroatoms. The van der Waals surface area contributed by atoms with E-state index in [0.29, 0.717) is 48.7 Å². The van der Waals surface area contributed by atoms with Gasteiger partial charge in [0.05, 0.1) is 21.7 Å². The summed E-state index contributed by atoms with van der Waals surface area (Å²) in [4.78, 5) is 55.8. The van der Waals surface area contributed by atoms with Crippen molar-refractivity contribution in [3.05, 3.63) is 80.4 Å². The third-order valence-electron chi connectivity index (χ3n) is 8.28. The first kappa shape index (κ1) is 42.1. The molecule has 294 valence electrons. The van der Waals surface area contributed by atoms with Gasteiger partial charge in [0.1, 0.15) is 6.54 Å². The number of rotatable bonds is 10. The maximum Gasteiger partial charge on any atom is 0.416 e. The molecule has 12 nitrogen and oxygen atoms in total. The van der Waals surface area contributed by atoms with Crippen LogP contribution in [0.1, 0.15) is 86.5 Å². The SMILES string of the molecule is CC(C)(C)NC(=O)Nc1nc(Cl)c(CCC2CCCCC2)n(CC(=O)Nc2cc(C(=O)NS(=O)(=O)c3ccc(C(F)(F)F)cc3)cc(C(F)(F)F)c2)c1=O. The summed E-state index contributed by atoms with van der Waals surface area (Å²) in [6.07, 6.45) is -4.08. The monoisotopic (exact) mass is 806 g/mol. The van der Waals surface area contributed by atoms with E-state index in [9.17, 15) is 53.9 Å². The normalized spacial score (nSPS) is 14.3. The van der Waals surface area contributed by atoms with E-state index in [1.54, 1.807) is 20.8 Å². The number of sulfonamides is 1. The van der Waals surface area contributed by atoms with Gasteiger partial charge in [-0.15, -0.1) is 0 Å². The number of nitrogens with one attached hydrogen (secondary N) is 4. The number of hydrogen-bond donors (Lipinski definition) is 4. The van der Waals surface area contributed by atoms with Crippen LogP contribution < -0.4 is 26.2 Å². The Morgan fingerprint density at radius 3 is 2.07 bits per heavy atom. The summed E-state index contributed by atoms with van der Waals surface area (Å²) >= 11 is 6.49. The largest absolute Gasteiger partial charge is 0.416 e. The Labute approximate surface area is 311 Å². The maximum atomic E-state index is 13.9.